The molecule has 3 atom stereocenters. The van der Waals surface area contributed by atoms with Crippen LogP contribution in [0.1, 0.15) is 232 Å². The number of nitrogens with two attached hydrogens (primary N) is 1. The number of hydrogen-bond donors (Lipinski definition) is 7. The number of halogens is 4. The number of nitrogens with one attached hydrogen (secondary N) is 5. The molecule has 3 aromatic rings. The molecule has 32 heteroatoms. The summed E-state index contributed by atoms with van der Waals surface area (Å²) in [5.74, 6) is -8.79. The third-order valence-corrected chi connectivity index (χ3v) is 15.9. The molecule has 6 aliphatic heterocycles. The molecule has 0 bridgehead atoms. The number of imide groups is 6. The van der Waals surface area contributed by atoms with Crippen LogP contribution in [0.25, 0.3) is 0 Å². The normalized spacial score (nSPS) is 17.8. The van der Waals surface area contributed by atoms with Gasteiger partial charge in [0.2, 0.25) is 41.7 Å². The number of amides is 12. The number of fused-ring (bicyclic) bond motifs is 3. The number of piperidine rings is 3. The van der Waals surface area contributed by atoms with Crippen LogP contribution in [0.2, 0.25) is 0 Å². The number of ether oxygens (including phenoxy) is 2. The van der Waals surface area contributed by atoms with Crippen LogP contribution < -0.4 is 32.3 Å². The molecule has 12 amide bonds. The van der Waals surface area contributed by atoms with Crippen molar-refractivity contribution < 1.29 is 109 Å². The summed E-state index contributed by atoms with van der Waals surface area (Å²) in [7, 11) is 0. The van der Waals surface area contributed by atoms with Crippen molar-refractivity contribution in [2.24, 2.45) is 11.1 Å². The monoisotopic (exact) mass is 1430 g/mol. The summed E-state index contributed by atoms with van der Waals surface area (Å²) in [5.41, 5.74) is 6.62. The zero-order valence-corrected chi connectivity index (χ0v) is 57.7. The number of carboxylic acid groups (broad SMARTS) is 1. The number of rotatable bonds is 25. The van der Waals surface area contributed by atoms with Crippen molar-refractivity contribution in [2.45, 2.75) is 200 Å². The summed E-state index contributed by atoms with van der Waals surface area (Å²) in [6, 6.07) is 10.6. The zero-order chi connectivity index (χ0) is 75.8. The van der Waals surface area contributed by atoms with Crippen molar-refractivity contribution in [1.82, 2.24) is 30.7 Å². The lowest BCUT2D eigenvalue weighted by Gasteiger charge is -2.27. The van der Waals surface area contributed by atoms with Gasteiger partial charge in [-0.3, -0.25) is 107 Å². The maximum Gasteiger partial charge on any atom is 0.446 e. The molecule has 3 fully saturated rings. The van der Waals surface area contributed by atoms with Crippen LogP contribution in [0.3, 0.4) is 0 Å². The van der Waals surface area contributed by atoms with Gasteiger partial charge in [0, 0.05) is 63.0 Å². The largest absolute Gasteiger partial charge is 0.481 e. The summed E-state index contributed by atoms with van der Waals surface area (Å²) < 4.78 is 55.3. The number of aliphatic carboxylic acids is 1. The summed E-state index contributed by atoms with van der Waals surface area (Å²) >= 11 is 0. The highest BCUT2D eigenvalue weighted by Gasteiger charge is 2.49. The van der Waals surface area contributed by atoms with Crippen LogP contribution in [0.5, 0.6) is 0 Å². The number of unbranched alkanes of at least 4 members (excludes halogenated alkanes) is 8. The summed E-state index contributed by atoms with van der Waals surface area (Å²) in [6.07, 6.45) is 5.35. The van der Waals surface area contributed by atoms with Gasteiger partial charge in [-0.15, -0.1) is 0 Å². The molecule has 9 rings (SSSR count). The van der Waals surface area contributed by atoms with Gasteiger partial charge in [0.1, 0.15) is 29.5 Å². The number of anilines is 2. The lowest BCUT2D eigenvalue weighted by Crippen LogP contribution is -2.54. The second-order valence-corrected chi connectivity index (χ2v) is 26.6. The van der Waals surface area contributed by atoms with Crippen molar-refractivity contribution >= 4 is 106 Å². The molecule has 8 N–H and O–H groups in total. The number of hydrogen-bond acceptors (Lipinski definition) is 21. The molecular weight excluding hydrogens is 1350 g/mol. The molecule has 0 aromatic heterocycles. The van der Waals surface area contributed by atoms with E-state index in [0.29, 0.717) is 56.8 Å². The van der Waals surface area contributed by atoms with Gasteiger partial charge in [0.15, 0.2) is 0 Å². The molecule has 0 saturated carbocycles. The highest BCUT2D eigenvalue weighted by molar-refractivity contribution is 6.27. The predicted molar refractivity (Wildman–Crippen MR) is 356 cm³/mol. The minimum absolute atomic E-state index is 0.0340. The number of carboxylic acids is 1. The standard InChI is InChI=1S/C24H31N3O6.C20H23N3O6.C13H9FN2O4.C11H23NO2.C2HF3O/c1-24(2,3)14-33-19(29)10-5-4-6-13-25-16-9-7-8-15-20(16)23(32)27(22(15)31)17-11-12-18(28)26-21(17)30;24-15-10-9-14(18(27)22-15)23-19(28)12-6-5-7-13(17(12)20(23)29)21-11-4-2-1-3-8-16(25)26;14-7-3-1-2-6-10(7)13(20)16(12(6)19)8-4-5-9(17)15-11(8)18;1-11(2,3)14-10(13)8-6-4-5-7-9-12;3-2(4,5)1-6/h7-9,17,25H,4-6,10-14H2,1-3H3,(H,26,28,30);5-7,14,21H,1-4,8-11H2,(H,25,26)(H,22,24,27);1-3,8H,4-5H2,(H,15,17,18);4-9,12H2,1-3H3;1H. The van der Waals surface area contributed by atoms with Crippen LogP contribution in [0.15, 0.2) is 54.6 Å². The van der Waals surface area contributed by atoms with Crippen molar-refractivity contribution in [1.29, 1.82) is 0 Å². The van der Waals surface area contributed by atoms with Gasteiger partial charge in [0.25, 0.3) is 35.4 Å². The fourth-order valence-corrected chi connectivity index (χ4v) is 11.1. The molecule has 28 nitrogen and oxygen atoms in total. The van der Waals surface area contributed by atoms with Gasteiger partial charge in [-0.2, -0.15) is 13.2 Å². The number of esters is 2. The van der Waals surface area contributed by atoms with Gasteiger partial charge in [-0.25, -0.2) is 4.39 Å². The van der Waals surface area contributed by atoms with Crippen LogP contribution in [-0.4, -0.2) is 171 Å². The lowest BCUT2D eigenvalue weighted by molar-refractivity contribution is -0.156. The number of alkyl halides is 3. The topological polar surface area (TPSA) is 408 Å². The van der Waals surface area contributed by atoms with Crippen LogP contribution in [0.4, 0.5) is 28.9 Å². The van der Waals surface area contributed by atoms with Gasteiger partial charge in [0.05, 0.1) is 40.0 Å². The zero-order valence-electron chi connectivity index (χ0n) is 57.7. The second kappa shape index (κ2) is 38.0. The van der Waals surface area contributed by atoms with Crippen LogP contribution in [0, 0.1) is 11.2 Å². The Balaban J connectivity index is 0.000000247. The number of nitrogens with zero attached hydrogens (tertiary/aromatic N) is 3. The van der Waals surface area contributed by atoms with E-state index in [4.69, 9.17) is 25.1 Å². The predicted octanol–water partition coefficient (Wildman–Crippen LogP) is 7.40. The Bertz CT molecular complexity index is 3680. The molecule has 3 saturated heterocycles. The van der Waals surface area contributed by atoms with Crippen molar-refractivity contribution in [3.63, 3.8) is 0 Å². The molecule has 554 valence electrons. The average Bonchev–Trinajstić information content (AvgIpc) is 1.62. The Kier molecular flexibility index (Phi) is 30.8. The Labute approximate surface area is 585 Å². The van der Waals surface area contributed by atoms with Crippen LogP contribution >= 0.6 is 0 Å². The SMILES string of the molecule is CC(C)(C)COC(=O)CCCCCNc1cccc2c1C(=O)N(C1CCC(=O)NC1=O)C2=O.CC(C)(C)OC(=O)CCCCCCN.O=C(O)CCCCCCNc1cccc2c1C(=O)N(C1CCC(=O)NC1=O)C2=O.O=C1CCC(N2C(=O)c3cccc(F)c3C2=O)C(=O)N1.O=CC(F)(F)F. The van der Waals surface area contributed by atoms with Crippen LogP contribution in [-0.2, 0) is 57.4 Å². The Morgan fingerprint density at radius 2 is 0.873 bits per heavy atom. The van der Waals surface area contributed by atoms with E-state index in [1.165, 1.54) is 12.1 Å². The molecule has 102 heavy (non-hydrogen) atoms. The molecule has 0 spiro atoms. The number of carbonyl (C=O) groups is 16. The molecule has 0 radical (unpaired) electrons. The summed E-state index contributed by atoms with van der Waals surface area (Å²) in [5, 5.41) is 21.4. The van der Waals surface area contributed by atoms with E-state index < -0.39 is 113 Å². The van der Waals surface area contributed by atoms with E-state index in [9.17, 15) is 89.5 Å². The van der Waals surface area contributed by atoms with Gasteiger partial charge >= 0.3 is 24.1 Å². The quantitative estimate of drug-likeness (QED) is 0.0143. The van der Waals surface area contributed by atoms with E-state index in [1.807, 2.05) is 41.5 Å². The number of aldehydes is 1. The van der Waals surface area contributed by atoms with E-state index in [2.05, 4.69) is 26.6 Å². The molecule has 0 aliphatic carbocycles. The first kappa shape index (κ1) is 82.5. The third-order valence-electron chi connectivity index (χ3n) is 15.9. The smallest absolute Gasteiger partial charge is 0.446 e. The maximum atomic E-state index is 13.7. The third kappa shape index (κ3) is 24.3. The lowest BCUT2D eigenvalue weighted by atomic mass is 9.99. The first-order chi connectivity index (χ1) is 48.0. The minimum Gasteiger partial charge on any atom is -0.481 e. The second-order valence-electron chi connectivity index (χ2n) is 26.6. The molecule has 3 aromatic carbocycles. The highest BCUT2D eigenvalue weighted by atomic mass is 19.4. The van der Waals surface area contributed by atoms with Gasteiger partial charge < -0.3 is 30.9 Å². The van der Waals surface area contributed by atoms with E-state index in [-0.39, 0.29) is 101 Å². The van der Waals surface area contributed by atoms with E-state index in [1.54, 1.807) is 36.4 Å². The van der Waals surface area contributed by atoms with E-state index in [0.717, 1.165) is 85.1 Å². The molecular formula is C70H87F4N9O19. The minimum atomic E-state index is -4.64. The van der Waals surface area contributed by atoms with Gasteiger partial charge in [-0.1, -0.05) is 71.1 Å². The first-order valence-corrected chi connectivity index (χ1v) is 33.5. The Morgan fingerprint density at radius 3 is 1.24 bits per heavy atom. The Morgan fingerprint density at radius 1 is 0.520 bits per heavy atom. The average molecular weight is 1430 g/mol. The fourth-order valence-electron chi connectivity index (χ4n) is 11.1. The molecule has 6 heterocycles. The van der Waals surface area contributed by atoms with Crippen molar-refractivity contribution in [3.05, 3.63) is 93.8 Å². The molecule has 3 unspecified atom stereocenters. The number of carbonyl (C=O) groups excluding carboxylic acids is 15. The van der Waals surface area contributed by atoms with Crippen molar-refractivity contribution in [2.75, 3.05) is 36.9 Å². The first-order valence-electron chi connectivity index (χ1n) is 33.5. The molecule has 6 aliphatic rings. The Hall–Kier alpha value is -10.1. The maximum absolute atomic E-state index is 13.7. The number of benzene rings is 3. The highest BCUT2D eigenvalue weighted by Crippen LogP contribution is 2.35. The summed E-state index contributed by atoms with van der Waals surface area (Å²) in [6.45, 7) is 14.0. The van der Waals surface area contributed by atoms with Gasteiger partial charge in [-0.05, 0) is 127 Å². The fraction of sp³-hybridized carbons (Fsp3) is 0.514. The van der Waals surface area contributed by atoms with E-state index >= 15 is 0 Å². The van der Waals surface area contributed by atoms with Crippen molar-refractivity contribution in [3.8, 4) is 0 Å². The summed E-state index contributed by atoms with van der Waals surface area (Å²) in [4.78, 5) is 191.